The van der Waals surface area contributed by atoms with Gasteiger partial charge in [0.15, 0.2) is 0 Å². The average molecular weight is 201 g/mol. The van der Waals surface area contributed by atoms with Crippen molar-refractivity contribution in [1.82, 2.24) is 4.90 Å². The first-order chi connectivity index (χ1) is 6.22. The monoisotopic (exact) mass is 201 g/mol. The van der Waals surface area contributed by atoms with Gasteiger partial charge in [0.05, 0.1) is 0 Å². The molecule has 0 bridgehead atoms. The zero-order valence-electron chi connectivity index (χ0n) is 7.77. The zero-order chi connectivity index (χ0) is 9.68. The van der Waals surface area contributed by atoms with Gasteiger partial charge in [-0.3, -0.25) is 0 Å². The highest BCUT2D eigenvalue weighted by Crippen LogP contribution is 2.20. The van der Waals surface area contributed by atoms with Crippen molar-refractivity contribution in [2.45, 2.75) is 18.6 Å². The minimum absolute atomic E-state index is 0.659. The molecule has 0 spiro atoms. The Morgan fingerprint density at radius 2 is 2.54 bits per heavy atom. The van der Waals surface area contributed by atoms with Gasteiger partial charge in [0.2, 0.25) is 0 Å². The Kier molecular flexibility index (Phi) is 4.15. The molecule has 1 unspecified atom stereocenters. The molecule has 0 aliphatic carbocycles. The van der Waals surface area contributed by atoms with Crippen LogP contribution in [0, 0.1) is 0 Å². The van der Waals surface area contributed by atoms with Crippen LogP contribution >= 0.6 is 11.8 Å². The molecule has 0 aromatic heterocycles. The number of nitrogens with zero attached hydrogens (tertiary/aromatic N) is 1. The molecule has 1 atom stereocenters. The Balaban J connectivity index is 2.38. The molecule has 0 aromatic rings. The van der Waals surface area contributed by atoms with Crippen LogP contribution in [0.4, 0.5) is 0 Å². The molecule has 13 heavy (non-hydrogen) atoms. The van der Waals surface area contributed by atoms with Gasteiger partial charge < -0.3 is 10.0 Å². The summed E-state index contributed by atoms with van der Waals surface area (Å²) < 4.78 is 0. The minimum Gasteiger partial charge on any atom is -0.478 e. The molecule has 0 aromatic carbocycles. The van der Waals surface area contributed by atoms with Crippen molar-refractivity contribution in [1.29, 1.82) is 0 Å². The predicted octanol–water partition coefficient (Wildman–Crippen LogP) is 1.41. The van der Waals surface area contributed by atoms with E-state index in [1.165, 1.54) is 6.08 Å². The highest BCUT2D eigenvalue weighted by molar-refractivity contribution is 8.00. The molecule has 4 heteroatoms. The Hall–Kier alpha value is -0.640. The van der Waals surface area contributed by atoms with E-state index < -0.39 is 5.97 Å². The minimum atomic E-state index is -0.869. The third-order valence-electron chi connectivity index (χ3n) is 2.05. The first-order valence-corrected chi connectivity index (χ1v) is 5.54. The summed E-state index contributed by atoms with van der Waals surface area (Å²) in [6.45, 7) is 4.11. The van der Waals surface area contributed by atoms with Crippen molar-refractivity contribution in [2.75, 3.05) is 18.8 Å². The summed E-state index contributed by atoms with van der Waals surface area (Å²) in [5.41, 5.74) is 0. The Labute approximate surface area is 82.8 Å². The molecule has 3 nitrogen and oxygen atoms in total. The fourth-order valence-corrected chi connectivity index (χ4v) is 2.50. The lowest BCUT2D eigenvalue weighted by Gasteiger charge is -2.30. The Morgan fingerprint density at radius 3 is 3.15 bits per heavy atom. The lowest BCUT2D eigenvalue weighted by molar-refractivity contribution is -0.131. The van der Waals surface area contributed by atoms with E-state index >= 15 is 0 Å². The second-order valence-corrected chi connectivity index (χ2v) is 4.46. The lowest BCUT2D eigenvalue weighted by Crippen LogP contribution is -2.33. The van der Waals surface area contributed by atoms with E-state index in [0.717, 1.165) is 25.3 Å². The smallest absolute Gasteiger partial charge is 0.329 e. The van der Waals surface area contributed by atoms with Gasteiger partial charge in [-0.15, -0.1) is 0 Å². The predicted molar refractivity (Wildman–Crippen MR) is 54.9 cm³/mol. The number of hydrogen-bond acceptors (Lipinski definition) is 3. The van der Waals surface area contributed by atoms with Gasteiger partial charge in [-0.1, -0.05) is 6.92 Å². The molecule has 1 aliphatic heterocycles. The quantitative estimate of drug-likeness (QED) is 0.701. The summed E-state index contributed by atoms with van der Waals surface area (Å²) in [5.74, 6) is 0.230. The van der Waals surface area contributed by atoms with Crippen LogP contribution in [-0.2, 0) is 4.79 Å². The molecule has 0 saturated carbocycles. The molecular weight excluding hydrogens is 186 g/mol. The highest BCUT2D eigenvalue weighted by Gasteiger charge is 2.15. The standard InChI is InChI=1S/C9H15NO2S/c1-2-8-7-10(5-6-13-8)4-3-9(11)12/h3-4,8H,2,5-7H2,1H3,(H,11,12)/b4-3+. The van der Waals surface area contributed by atoms with Crippen LogP contribution in [0.15, 0.2) is 12.3 Å². The van der Waals surface area contributed by atoms with Crippen LogP contribution in [0.3, 0.4) is 0 Å². The van der Waals surface area contributed by atoms with E-state index in [0.29, 0.717) is 5.25 Å². The SMILES string of the molecule is CCC1CN(/C=C/C(=O)O)CCS1. The maximum absolute atomic E-state index is 10.3. The van der Waals surface area contributed by atoms with Crippen molar-refractivity contribution >= 4 is 17.7 Å². The molecular formula is C9H15NO2S. The van der Waals surface area contributed by atoms with E-state index in [9.17, 15) is 4.79 Å². The van der Waals surface area contributed by atoms with Crippen LogP contribution in [0.5, 0.6) is 0 Å². The molecule has 1 N–H and O–H groups in total. The number of aliphatic carboxylic acids is 1. The van der Waals surface area contributed by atoms with Gasteiger partial charge >= 0.3 is 5.97 Å². The third-order valence-corrected chi connectivity index (χ3v) is 3.43. The topological polar surface area (TPSA) is 40.5 Å². The van der Waals surface area contributed by atoms with Crippen molar-refractivity contribution in [3.8, 4) is 0 Å². The van der Waals surface area contributed by atoms with Gasteiger partial charge in [-0.05, 0) is 6.42 Å². The first-order valence-electron chi connectivity index (χ1n) is 4.49. The summed E-state index contributed by atoms with van der Waals surface area (Å²) in [4.78, 5) is 12.4. The van der Waals surface area contributed by atoms with E-state index in [1.54, 1.807) is 6.20 Å². The van der Waals surface area contributed by atoms with Gasteiger partial charge in [0.1, 0.15) is 0 Å². The van der Waals surface area contributed by atoms with Gasteiger partial charge in [-0.2, -0.15) is 11.8 Å². The van der Waals surface area contributed by atoms with Crippen LogP contribution < -0.4 is 0 Å². The number of carboxylic acid groups (broad SMARTS) is 1. The molecule has 0 amide bonds. The number of carbonyl (C=O) groups is 1. The average Bonchev–Trinajstić information content (AvgIpc) is 2.15. The van der Waals surface area contributed by atoms with Gasteiger partial charge in [0, 0.05) is 36.4 Å². The molecule has 1 fully saturated rings. The van der Waals surface area contributed by atoms with Crippen LogP contribution in [0.25, 0.3) is 0 Å². The largest absolute Gasteiger partial charge is 0.478 e. The molecule has 74 valence electrons. The van der Waals surface area contributed by atoms with Crippen LogP contribution in [0.2, 0.25) is 0 Å². The van der Waals surface area contributed by atoms with E-state index in [-0.39, 0.29) is 0 Å². The fraction of sp³-hybridized carbons (Fsp3) is 0.667. The summed E-state index contributed by atoms with van der Waals surface area (Å²) >= 11 is 1.98. The summed E-state index contributed by atoms with van der Waals surface area (Å²) in [6.07, 6.45) is 4.05. The number of thioether (sulfide) groups is 1. The highest BCUT2D eigenvalue weighted by atomic mass is 32.2. The van der Waals surface area contributed by atoms with Gasteiger partial charge in [-0.25, -0.2) is 4.79 Å². The van der Waals surface area contributed by atoms with Crippen molar-refractivity contribution in [3.05, 3.63) is 12.3 Å². The summed E-state index contributed by atoms with van der Waals surface area (Å²) in [6, 6.07) is 0. The maximum Gasteiger partial charge on any atom is 0.329 e. The number of rotatable bonds is 3. The molecule has 1 heterocycles. The second kappa shape index (κ2) is 5.17. The van der Waals surface area contributed by atoms with Gasteiger partial charge in [0.25, 0.3) is 0 Å². The number of hydrogen-bond donors (Lipinski definition) is 1. The first kappa shape index (κ1) is 10.4. The maximum atomic E-state index is 10.3. The van der Waals surface area contributed by atoms with E-state index in [4.69, 9.17) is 5.11 Å². The zero-order valence-corrected chi connectivity index (χ0v) is 8.59. The molecule has 0 radical (unpaired) electrons. The number of carboxylic acids is 1. The van der Waals surface area contributed by atoms with E-state index in [1.807, 2.05) is 11.8 Å². The summed E-state index contributed by atoms with van der Waals surface area (Å²) in [7, 11) is 0. The lowest BCUT2D eigenvalue weighted by atomic mass is 10.3. The van der Waals surface area contributed by atoms with Crippen molar-refractivity contribution in [3.63, 3.8) is 0 Å². The Bertz CT molecular complexity index is 206. The third kappa shape index (κ3) is 3.72. The van der Waals surface area contributed by atoms with Crippen molar-refractivity contribution < 1.29 is 9.90 Å². The van der Waals surface area contributed by atoms with Crippen LogP contribution in [-0.4, -0.2) is 40.1 Å². The molecule has 1 saturated heterocycles. The fourth-order valence-electron chi connectivity index (χ4n) is 1.29. The normalized spacial score (nSPS) is 23.8. The Morgan fingerprint density at radius 1 is 1.77 bits per heavy atom. The second-order valence-electron chi connectivity index (χ2n) is 3.05. The summed E-state index contributed by atoms with van der Waals surface area (Å²) in [5, 5.41) is 9.11. The molecule has 1 rings (SSSR count). The van der Waals surface area contributed by atoms with E-state index in [2.05, 4.69) is 11.8 Å². The van der Waals surface area contributed by atoms with Crippen molar-refractivity contribution in [2.24, 2.45) is 0 Å². The van der Waals surface area contributed by atoms with Crippen LogP contribution in [0.1, 0.15) is 13.3 Å². The molecule has 1 aliphatic rings.